The van der Waals surface area contributed by atoms with Crippen LogP contribution in [0.25, 0.3) is 22.2 Å². The molecule has 2 aromatic heterocycles. The third-order valence-corrected chi connectivity index (χ3v) is 4.81. The molecule has 0 saturated carbocycles. The predicted molar refractivity (Wildman–Crippen MR) is 115 cm³/mol. The van der Waals surface area contributed by atoms with Gasteiger partial charge in [0.2, 0.25) is 5.91 Å². The highest BCUT2D eigenvalue weighted by atomic mass is 19.1. The van der Waals surface area contributed by atoms with Crippen LogP contribution in [0.4, 0.5) is 8.78 Å². The van der Waals surface area contributed by atoms with E-state index in [9.17, 15) is 13.6 Å². The molecule has 1 N–H and O–H groups in total. The third kappa shape index (κ3) is 5.26. The van der Waals surface area contributed by atoms with E-state index in [1.54, 1.807) is 6.20 Å². The van der Waals surface area contributed by atoms with E-state index in [0.717, 1.165) is 23.0 Å². The number of hydrogen-bond donors (Lipinski definition) is 1. The van der Waals surface area contributed by atoms with Gasteiger partial charge in [0.1, 0.15) is 22.9 Å². The lowest BCUT2D eigenvalue weighted by molar-refractivity contribution is -0.121. The fraction of sp³-hybridized carbons (Fsp3) is 0.208. The number of pyridine rings is 1. The van der Waals surface area contributed by atoms with Crippen LogP contribution in [0.1, 0.15) is 18.7 Å². The highest BCUT2D eigenvalue weighted by molar-refractivity contribution is 5.84. The van der Waals surface area contributed by atoms with E-state index in [2.05, 4.69) is 15.3 Å². The molecule has 0 aliphatic heterocycles. The number of aryl methyl sites for hydroxylation is 1. The van der Waals surface area contributed by atoms with E-state index in [-0.39, 0.29) is 30.1 Å². The molecular weight excluding hydrogens is 416 g/mol. The number of para-hydroxylation sites is 1. The van der Waals surface area contributed by atoms with Crippen molar-refractivity contribution in [2.45, 2.75) is 19.3 Å². The maximum atomic E-state index is 13.8. The number of benzene rings is 2. The van der Waals surface area contributed by atoms with Crippen LogP contribution in [0.2, 0.25) is 0 Å². The topological polar surface area (TPSA) is 77.2 Å². The second kappa shape index (κ2) is 10.00. The SMILES string of the molecule is O=C(CCc1ncc(-c2ccc(F)cc2F)o1)NCCCOc1cccc2cccnc12. The predicted octanol–water partition coefficient (Wildman–Crippen LogP) is 4.69. The van der Waals surface area contributed by atoms with E-state index in [4.69, 9.17) is 9.15 Å². The summed E-state index contributed by atoms with van der Waals surface area (Å²) >= 11 is 0. The molecule has 6 nitrogen and oxygen atoms in total. The number of rotatable bonds is 9. The Kier molecular flexibility index (Phi) is 6.69. The minimum atomic E-state index is -0.730. The number of aromatic nitrogens is 2. The number of carbonyl (C=O) groups is 1. The summed E-state index contributed by atoms with van der Waals surface area (Å²) in [4.78, 5) is 20.5. The highest BCUT2D eigenvalue weighted by Crippen LogP contribution is 2.25. The molecule has 0 fully saturated rings. The van der Waals surface area contributed by atoms with Gasteiger partial charge in [0.25, 0.3) is 0 Å². The summed E-state index contributed by atoms with van der Waals surface area (Å²) in [5, 5.41) is 3.83. The first kappa shape index (κ1) is 21.4. The van der Waals surface area contributed by atoms with Gasteiger partial charge < -0.3 is 14.5 Å². The second-order valence-electron chi connectivity index (χ2n) is 7.13. The first-order valence-electron chi connectivity index (χ1n) is 10.2. The lowest BCUT2D eigenvalue weighted by Gasteiger charge is -2.09. The van der Waals surface area contributed by atoms with Crippen LogP contribution >= 0.6 is 0 Å². The van der Waals surface area contributed by atoms with Gasteiger partial charge in [-0.25, -0.2) is 13.8 Å². The number of oxazole rings is 1. The first-order valence-corrected chi connectivity index (χ1v) is 10.2. The van der Waals surface area contributed by atoms with Gasteiger partial charge in [0.15, 0.2) is 11.7 Å². The number of ether oxygens (including phenoxy) is 1. The van der Waals surface area contributed by atoms with Gasteiger partial charge in [-0.05, 0) is 30.7 Å². The van der Waals surface area contributed by atoms with Crippen LogP contribution in [-0.2, 0) is 11.2 Å². The minimum absolute atomic E-state index is 0.121. The summed E-state index contributed by atoms with van der Waals surface area (Å²) in [7, 11) is 0. The van der Waals surface area contributed by atoms with E-state index >= 15 is 0 Å². The van der Waals surface area contributed by atoms with Crippen LogP contribution in [0, 0.1) is 11.6 Å². The molecule has 2 aromatic carbocycles. The molecule has 0 saturated heterocycles. The summed E-state index contributed by atoms with van der Waals surface area (Å²) in [6, 6.07) is 12.8. The van der Waals surface area contributed by atoms with Gasteiger partial charge in [0.05, 0.1) is 18.4 Å². The molecule has 0 atom stereocenters. The highest BCUT2D eigenvalue weighted by Gasteiger charge is 2.13. The van der Waals surface area contributed by atoms with Gasteiger partial charge in [0, 0.05) is 37.0 Å². The second-order valence-corrected chi connectivity index (χ2v) is 7.13. The Hall–Kier alpha value is -3.81. The summed E-state index contributed by atoms with van der Waals surface area (Å²) < 4.78 is 38.2. The Balaban J connectivity index is 1.19. The van der Waals surface area contributed by atoms with Gasteiger partial charge in [-0.3, -0.25) is 9.78 Å². The molecule has 0 bridgehead atoms. The zero-order chi connectivity index (χ0) is 22.3. The van der Waals surface area contributed by atoms with Crippen molar-refractivity contribution in [3.05, 3.63) is 78.4 Å². The van der Waals surface area contributed by atoms with Crippen molar-refractivity contribution in [1.29, 1.82) is 0 Å². The van der Waals surface area contributed by atoms with Crippen molar-refractivity contribution in [1.82, 2.24) is 15.3 Å². The van der Waals surface area contributed by atoms with Crippen molar-refractivity contribution in [3.63, 3.8) is 0 Å². The quantitative estimate of drug-likeness (QED) is 0.385. The van der Waals surface area contributed by atoms with E-state index in [0.29, 0.717) is 31.2 Å². The molecular formula is C24H21F2N3O3. The molecule has 32 heavy (non-hydrogen) atoms. The summed E-state index contributed by atoms with van der Waals surface area (Å²) in [5.74, 6) is -0.325. The maximum absolute atomic E-state index is 13.8. The maximum Gasteiger partial charge on any atom is 0.220 e. The summed E-state index contributed by atoms with van der Waals surface area (Å²) in [6.07, 6.45) is 4.18. The lowest BCUT2D eigenvalue weighted by Crippen LogP contribution is -2.25. The van der Waals surface area contributed by atoms with Gasteiger partial charge in [-0.2, -0.15) is 0 Å². The van der Waals surface area contributed by atoms with Gasteiger partial charge in [-0.15, -0.1) is 0 Å². The zero-order valence-electron chi connectivity index (χ0n) is 17.2. The average Bonchev–Trinajstić information content (AvgIpc) is 3.26. The molecule has 8 heteroatoms. The number of fused-ring (bicyclic) bond motifs is 1. The largest absolute Gasteiger partial charge is 0.491 e. The molecule has 0 radical (unpaired) electrons. The summed E-state index contributed by atoms with van der Waals surface area (Å²) in [5.41, 5.74) is 0.931. The van der Waals surface area contributed by atoms with Crippen molar-refractivity contribution in [2.24, 2.45) is 0 Å². The number of carbonyl (C=O) groups excluding carboxylic acids is 1. The lowest BCUT2D eigenvalue weighted by atomic mass is 10.2. The fourth-order valence-corrected chi connectivity index (χ4v) is 3.22. The smallest absolute Gasteiger partial charge is 0.220 e. The fourth-order valence-electron chi connectivity index (χ4n) is 3.22. The molecule has 0 unspecified atom stereocenters. The number of halogens is 2. The van der Waals surface area contributed by atoms with Crippen molar-refractivity contribution < 1.29 is 22.7 Å². The molecule has 164 valence electrons. The van der Waals surface area contributed by atoms with Crippen molar-refractivity contribution in [2.75, 3.05) is 13.2 Å². The Morgan fingerprint density at radius 1 is 1.09 bits per heavy atom. The molecule has 2 heterocycles. The normalized spacial score (nSPS) is 10.9. The third-order valence-electron chi connectivity index (χ3n) is 4.81. The van der Waals surface area contributed by atoms with Crippen LogP contribution in [0.15, 0.2) is 65.3 Å². The number of amides is 1. The number of nitrogens with one attached hydrogen (secondary N) is 1. The summed E-state index contributed by atoms with van der Waals surface area (Å²) in [6.45, 7) is 0.914. The van der Waals surface area contributed by atoms with E-state index in [1.807, 2.05) is 30.3 Å². The van der Waals surface area contributed by atoms with Gasteiger partial charge >= 0.3 is 0 Å². The van der Waals surface area contributed by atoms with Crippen LogP contribution in [0.5, 0.6) is 5.75 Å². The van der Waals surface area contributed by atoms with Crippen LogP contribution in [-0.4, -0.2) is 29.0 Å². The minimum Gasteiger partial charge on any atom is -0.491 e. The van der Waals surface area contributed by atoms with Gasteiger partial charge in [-0.1, -0.05) is 18.2 Å². The molecule has 4 aromatic rings. The van der Waals surface area contributed by atoms with Crippen molar-refractivity contribution in [3.8, 4) is 17.1 Å². The standard InChI is InChI=1S/C24H21F2N3O3/c25-17-7-8-18(19(26)14-17)21-15-29-23(32-21)10-9-22(30)27-12-3-13-31-20-6-1-4-16-5-2-11-28-24(16)20/h1-2,4-8,11,14-15H,3,9-10,12-13H2,(H,27,30). The monoisotopic (exact) mass is 437 g/mol. The van der Waals surface area contributed by atoms with Crippen LogP contribution < -0.4 is 10.1 Å². The number of hydrogen-bond acceptors (Lipinski definition) is 5. The molecule has 1 amide bonds. The Labute approximate surface area is 183 Å². The first-order chi connectivity index (χ1) is 15.6. The van der Waals surface area contributed by atoms with E-state index < -0.39 is 11.6 Å². The molecule has 4 rings (SSSR count). The molecule has 0 spiro atoms. The number of nitrogens with zero attached hydrogens (tertiary/aromatic N) is 2. The Bertz CT molecular complexity index is 1220. The molecule has 0 aliphatic rings. The molecule has 0 aliphatic carbocycles. The Morgan fingerprint density at radius 3 is 2.84 bits per heavy atom. The Morgan fingerprint density at radius 2 is 1.97 bits per heavy atom. The van der Waals surface area contributed by atoms with Crippen molar-refractivity contribution >= 4 is 16.8 Å². The van der Waals surface area contributed by atoms with Crippen LogP contribution in [0.3, 0.4) is 0 Å². The zero-order valence-corrected chi connectivity index (χ0v) is 17.2. The van der Waals surface area contributed by atoms with E-state index in [1.165, 1.54) is 12.3 Å². The average molecular weight is 437 g/mol.